The largest absolute Gasteiger partial charge is 0.371 e. The minimum Gasteiger partial charge on any atom is -0.371 e. The number of benzene rings is 1. The van der Waals surface area contributed by atoms with Crippen molar-refractivity contribution in [1.82, 2.24) is 9.97 Å². The summed E-state index contributed by atoms with van der Waals surface area (Å²) in [5.74, 6) is 0.610. The van der Waals surface area contributed by atoms with Crippen molar-refractivity contribution in [2.75, 3.05) is 24.5 Å². The zero-order chi connectivity index (χ0) is 12.4. The van der Waals surface area contributed by atoms with E-state index in [9.17, 15) is 0 Å². The van der Waals surface area contributed by atoms with E-state index in [1.165, 1.54) is 18.5 Å². The molecule has 1 aliphatic rings. The third-order valence-corrected chi connectivity index (χ3v) is 3.72. The number of nitrogens with zero attached hydrogens (tertiary/aromatic N) is 3. The molecule has 2 heterocycles. The van der Waals surface area contributed by atoms with Crippen LogP contribution in [0.3, 0.4) is 0 Å². The minimum atomic E-state index is 0.610. The Hall–Kier alpha value is -1.68. The molecule has 1 saturated heterocycles. The second-order valence-electron chi connectivity index (χ2n) is 4.92. The van der Waals surface area contributed by atoms with Crippen molar-refractivity contribution in [2.45, 2.75) is 12.8 Å². The van der Waals surface area contributed by atoms with Crippen LogP contribution in [0.5, 0.6) is 0 Å². The van der Waals surface area contributed by atoms with Gasteiger partial charge in [0.25, 0.3) is 0 Å². The van der Waals surface area contributed by atoms with E-state index in [1.54, 1.807) is 6.33 Å². The molecule has 94 valence electrons. The van der Waals surface area contributed by atoms with Gasteiger partial charge in [0.1, 0.15) is 6.33 Å². The summed E-state index contributed by atoms with van der Waals surface area (Å²) < 4.78 is 0. The number of rotatable bonds is 2. The van der Waals surface area contributed by atoms with E-state index in [1.807, 2.05) is 12.3 Å². The summed E-state index contributed by atoms with van der Waals surface area (Å²) in [4.78, 5) is 10.9. The van der Waals surface area contributed by atoms with Gasteiger partial charge in [-0.2, -0.15) is 0 Å². The first-order chi connectivity index (χ1) is 8.88. The van der Waals surface area contributed by atoms with Crippen molar-refractivity contribution in [3.63, 3.8) is 0 Å². The molecule has 0 radical (unpaired) electrons. The summed E-state index contributed by atoms with van der Waals surface area (Å²) in [7, 11) is 0. The van der Waals surface area contributed by atoms with Crippen molar-refractivity contribution in [1.29, 1.82) is 0 Å². The summed E-state index contributed by atoms with van der Waals surface area (Å²) in [6.45, 7) is 2.92. The number of fused-ring (bicyclic) bond motifs is 1. The van der Waals surface area contributed by atoms with Crippen molar-refractivity contribution >= 4 is 16.6 Å². The normalized spacial score (nSPS) is 20.3. The fourth-order valence-corrected chi connectivity index (χ4v) is 2.74. The molecule has 2 aromatic rings. The molecule has 4 nitrogen and oxygen atoms in total. The Balaban J connectivity index is 1.98. The second kappa shape index (κ2) is 4.90. The average molecular weight is 242 g/mol. The Labute approximate surface area is 107 Å². The third kappa shape index (κ3) is 2.04. The van der Waals surface area contributed by atoms with Gasteiger partial charge in [0, 0.05) is 30.4 Å². The lowest BCUT2D eigenvalue weighted by atomic mass is 9.97. The fraction of sp³-hybridized carbons (Fsp3) is 0.429. The predicted octanol–water partition coefficient (Wildman–Crippen LogP) is 1.80. The molecular formula is C14H18N4. The first-order valence-corrected chi connectivity index (χ1v) is 6.52. The van der Waals surface area contributed by atoms with Gasteiger partial charge >= 0.3 is 0 Å². The quantitative estimate of drug-likeness (QED) is 0.872. The molecule has 1 fully saturated rings. The fourth-order valence-electron chi connectivity index (χ4n) is 2.74. The maximum atomic E-state index is 5.80. The molecular weight excluding hydrogens is 224 g/mol. The van der Waals surface area contributed by atoms with Crippen molar-refractivity contribution in [3.05, 3.63) is 30.7 Å². The molecule has 4 heteroatoms. The highest BCUT2D eigenvalue weighted by molar-refractivity contribution is 5.91. The molecule has 1 aromatic carbocycles. The van der Waals surface area contributed by atoms with Gasteiger partial charge in [-0.3, -0.25) is 0 Å². The summed E-state index contributed by atoms with van der Waals surface area (Å²) in [5.41, 5.74) is 8.06. The van der Waals surface area contributed by atoms with Crippen LogP contribution in [0.15, 0.2) is 30.7 Å². The van der Waals surface area contributed by atoms with Crippen LogP contribution in [0.25, 0.3) is 10.9 Å². The molecule has 0 spiro atoms. The monoisotopic (exact) mass is 242 g/mol. The highest BCUT2D eigenvalue weighted by atomic mass is 15.1. The zero-order valence-corrected chi connectivity index (χ0v) is 10.4. The van der Waals surface area contributed by atoms with Crippen molar-refractivity contribution in [2.24, 2.45) is 11.7 Å². The standard InChI is InChI=1S/C14H18N4/c15-7-11-3-2-6-18(9-11)14-5-1-4-13-12(14)8-16-10-17-13/h1,4-5,8,10-11H,2-3,6-7,9,15H2. The van der Waals surface area contributed by atoms with Crippen LogP contribution < -0.4 is 10.6 Å². The Kier molecular flexibility index (Phi) is 3.11. The highest BCUT2D eigenvalue weighted by Gasteiger charge is 2.20. The lowest BCUT2D eigenvalue weighted by molar-refractivity contribution is 0.424. The van der Waals surface area contributed by atoms with Crippen LogP contribution in [-0.2, 0) is 0 Å². The Bertz CT molecular complexity index is 535. The molecule has 2 N–H and O–H groups in total. The van der Waals surface area contributed by atoms with Crippen LogP contribution in [0.1, 0.15) is 12.8 Å². The van der Waals surface area contributed by atoms with E-state index >= 15 is 0 Å². The van der Waals surface area contributed by atoms with E-state index in [2.05, 4.69) is 27.0 Å². The minimum absolute atomic E-state index is 0.610. The average Bonchev–Trinajstić information content (AvgIpc) is 2.47. The molecule has 1 aromatic heterocycles. The van der Waals surface area contributed by atoms with Crippen LogP contribution in [0, 0.1) is 5.92 Å². The summed E-state index contributed by atoms with van der Waals surface area (Å²) in [6, 6.07) is 6.26. The molecule has 1 unspecified atom stereocenters. The maximum Gasteiger partial charge on any atom is 0.116 e. The van der Waals surface area contributed by atoms with Crippen LogP contribution in [-0.4, -0.2) is 29.6 Å². The predicted molar refractivity (Wildman–Crippen MR) is 73.5 cm³/mol. The molecule has 1 aliphatic heterocycles. The van der Waals surface area contributed by atoms with Gasteiger partial charge < -0.3 is 10.6 Å². The number of piperidine rings is 1. The highest BCUT2D eigenvalue weighted by Crippen LogP contribution is 2.28. The summed E-state index contributed by atoms with van der Waals surface area (Å²) >= 11 is 0. The molecule has 0 bridgehead atoms. The molecule has 18 heavy (non-hydrogen) atoms. The zero-order valence-electron chi connectivity index (χ0n) is 10.4. The van der Waals surface area contributed by atoms with Crippen molar-refractivity contribution < 1.29 is 0 Å². The van der Waals surface area contributed by atoms with E-state index in [0.717, 1.165) is 30.5 Å². The number of aromatic nitrogens is 2. The SMILES string of the molecule is NCC1CCCN(c2cccc3ncncc23)C1. The number of nitrogens with two attached hydrogens (primary N) is 1. The Morgan fingerprint density at radius 3 is 3.22 bits per heavy atom. The van der Waals surface area contributed by atoms with Gasteiger partial charge in [0.2, 0.25) is 0 Å². The maximum absolute atomic E-state index is 5.80. The van der Waals surface area contributed by atoms with Gasteiger partial charge in [-0.05, 0) is 37.4 Å². The van der Waals surface area contributed by atoms with E-state index in [0.29, 0.717) is 5.92 Å². The van der Waals surface area contributed by atoms with Gasteiger partial charge in [0.05, 0.1) is 5.52 Å². The van der Waals surface area contributed by atoms with Crippen LogP contribution >= 0.6 is 0 Å². The van der Waals surface area contributed by atoms with E-state index < -0.39 is 0 Å². The van der Waals surface area contributed by atoms with E-state index in [4.69, 9.17) is 5.73 Å². The lowest BCUT2D eigenvalue weighted by Crippen LogP contribution is -2.38. The van der Waals surface area contributed by atoms with Crippen molar-refractivity contribution in [3.8, 4) is 0 Å². The Morgan fingerprint density at radius 1 is 1.39 bits per heavy atom. The van der Waals surface area contributed by atoms with Gasteiger partial charge in [-0.1, -0.05) is 6.07 Å². The molecule has 0 aliphatic carbocycles. The van der Waals surface area contributed by atoms with Gasteiger partial charge in [-0.25, -0.2) is 9.97 Å². The number of hydrogen-bond donors (Lipinski definition) is 1. The van der Waals surface area contributed by atoms with Gasteiger partial charge in [-0.15, -0.1) is 0 Å². The van der Waals surface area contributed by atoms with Crippen LogP contribution in [0.2, 0.25) is 0 Å². The molecule has 1 atom stereocenters. The van der Waals surface area contributed by atoms with Gasteiger partial charge in [0.15, 0.2) is 0 Å². The topological polar surface area (TPSA) is 55.0 Å². The smallest absolute Gasteiger partial charge is 0.116 e. The lowest BCUT2D eigenvalue weighted by Gasteiger charge is -2.34. The molecule has 0 amide bonds. The van der Waals surface area contributed by atoms with Crippen LogP contribution in [0.4, 0.5) is 5.69 Å². The second-order valence-corrected chi connectivity index (χ2v) is 4.92. The molecule has 0 saturated carbocycles. The first-order valence-electron chi connectivity index (χ1n) is 6.52. The number of hydrogen-bond acceptors (Lipinski definition) is 4. The molecule has 3 rings (SSSR count). The third-order valence-electron chi connectivity index (χ3n) is 3.72. The van der Waals surface area contributed by atoms with E-state index in [-0.39, 0.29) is 0 Å². The number of anilines is 1. The summed E-state index contributed by atoms with van der Waals surface area (Å²) in [6.07, 6.45) is 5.97. The first kappa shape index (κ1) is 11.4. The summed E-state index contributed by atoms with van der Waals surface area (Å²) in [5, 5.41) is 1.14. The Morgan fingerprint density at radius 2 is 2.33 bits per heavy atom.